The Hall–Kier alpha value is -2.03. The lowest BCUT2D eigenvalue weighted by molar-refractivity contribution is -0.208. The Morgan fingerprint density at radius 3 is 2.68 bits per heavy atom. The summed E-state index contributed by atoms with van der Waals surface area (Å²) in [5, 5.41) is 27.4. The number of aromatic nitrogens is 2. The first kappa shape index (κ1) is 25.3. The van der Waals surface area contributed by atoms with Gasteiger partial charge in [0.1, 0.15) is 5.60 Å². The number of carbonyl (C=O) groups excluding carboxylic acids is 1. The number of fused-ring (bicyclic) bond motifs is 6. The zero-order chi connectivity index (χ0) is 26.5. The van der Waals surface area contributed by atoms with Crippen LogP contribution in [0.5, 0.6) is 0 Å². The summed E-state index contributed by atoms with van der Waals surface area (Å²) in [6.07, 6.45) is 7.95. The van der Waals surface area contributed by atoms with Crippen molar-refractivity contribution in [2.75, 3.05) is 0 Å². The molecule has 1 aromatic heterocycles. The first-order chi connectivity index (χ1) is 17.4. The summed E-state index contributed by atoms with van der Waals surface area (Å²) in [6.45, 7) is 6.40. The number of rotatable bonds is 3. The van der Waals surface area contributed by atoms with E-state index in [1.807, 2.05) is 6.92 Å². The maximum Gasteiger partial charge on any atom is 0.218 e. The van der Waals surface area contributed by atoms with E-state index >= 15 is 0 Å². The van der Waals surface area contributed by atoms with Crippen LogP contribution in [0.1, 0.15) is 70.6 Å². The highest BCUT2D eigenvalue weighted by atomic mass is 32.1. The lowest BCUT2D eigenvalue weighted by Crippen LogP contribution is -2.65. The molecule has 0 unspecified atom stereocenters. The van der Waals surface area contributed by atoms with Crippen LogP contribution in [0.15, 0.2) is 30.0 Å². The molecule has 2 aromatic rings. The standard InChI is InChI=1S/C29H34F2N2O3S/c1-4-28-9-7-17-11-21-16(15-32-33(21)18-5-6-19(30)20(31)12-18)13-26(17,2)24(28)22(34)14-27(3)23(28)8-10-29(27,36)25(35)37/h5-6,11-12,15,22-24,34,36H,4,7-10,13-14H2,1-3H3,(H,35,37)/t22-,23+,24+,26-,27-,28-,29-/m0/s1. The lowest BCUT2D eigenvalue weighted by atomic mass is 9.39. The van der Waals surface area contributed by atoms with E-state index in [-0.39, 0.29) is 22.7 Å². The minimum Gasteiger partial charge on any atom is -0.393 e. The van der Waals surface area contributed by atoms with Gasteiger partial charge in [0.15, 0.2) is 11.6 Å². The van der Waals surface area contributed by atoms with Gasteiger partial charge in [0.25, 0.3) is 0 Å². The van der Waals surface area contributed by atoms with Gasteiger partial charge in [-0.25, -0.2) is 13.5 Å². The highest BCUT2D eigenvalue weighted by molar-refractivity contribution is 7.96. The topological polar surface area (TPSA) is 75.3 Å². The third kappa shape index (κ3) is 3.09. The van der Waals surface area contributed by atoms with E-state index in [4.69, 9.17) is 0 Å². The Kier molecular flexibility index (Phi) is 5.46. The molecule has 0 spiro atoms. The molecule has 37 heavy (non-hydrogen) atoms. The molecule has 1 heterocycles. The average molecular weight is 529 g/mol. The second kappa shape index (κ2) is 7.99. The number of aliphatic hydroxyl groups excluding tert-OH is 1. The van der Waals surface area contributed by atoms with Gasteiger partial charge in [-0.05, 0) is 85.5 Å². The molecule has 1 aromatic carbocycles. The van der Waals surface area contributed by atoms with Crippen LogP contribution < -0.4 is 0 Å². The number of hydrogen-bond acceptors (Lipinski definition) is 4. The molecule has 4 aliphatic carbocycles. The molecule has 0 saturated heterocycles. The summed E-state index contributed by atoms with van der Waals surface area (Å²) >= 11 is 4.09. The van der Waals surface area contributed by atoms with Gasteiger partial charge in [-0.15, -0.1) is 12.6 Å². The Balaban J connectivity index is 1.43. The monoisotopic (exact) mass is 528 g/mol. The third-order valence-electron chi connectivity index (χ3n) is 11.0. The molecule has 3 saturated carbocycles. The van der Waals surface area contributed by atoms with Crippen molar-refractivity contribution in [3.05, 3.63) is 52.9 Å². The van der Waals surface area contributed by atoms with Crippen LogP contribution >= 0.6 is 12.6 Å². The molecule has 0 aliphatic heterocycles. The fraction of sp³-hybridized carbons (Fsp3) is 0.586. The van der Waals surface area contributed by atoms with Crippen LogP contribution in [-0.4, -0.2) is 36.8 Å². The van der Waals surface area contributed by atoms with E-state index in [2.05, 4.69) is 37.7 Å². The Bertz CT molecular complexity index is 1340. The van der Waals surface area contributed by atoms with Crippen molar-refractivity contribution in [3.8, 4) is 5.69 Å². The van der Waals surface area contributed by atoms with Crippen LogP contribution in [0, 0.1) is 39.7 Å². The van der Waals surface area contributed by atoms with Crippen LogP contribution in [0.2, 0.25) is 0 Å². The molecule has 7 atom stereocenters. The highest BCUT2D eigenvalue weighted by Gasteiger charge is 2.72. The predicted octanol–water partition coefficient (Wildman–Crippen LogP) is 5.27. The molecular formula is C29H34F2N2O3S. The molecule has 5 nitrogen and oxygen atoms in total. The number of thiol groups is 1. The second-order valence-corrected chi connectivity index (χ2v) is 12.7. The first-order valence-corrected chi connectivity index (χ1v) is 13.7. The van der Waals surface area contributed by atoms with Gasteiger partial charge < -0.3 is 10.2 Å². The molecule has 0 radical (unpaired) electrons. The SMILES string of the molecule is CC[C@@]12CCC3=Cc4c(cnn4-c4ccc(F)c(F)c4)C[C@]3(C)[C@H]1[C@@H](O)C[C@@]1(C)[C@H]2CC[C@]1(O)C(=O)S. The molecular weight excluding hydrogens is 494 g/mol. The van der Waals surface area contributed by atoms with Gasteiger partial charge in [-0.1, -0.05) is 26.3 Å². The van der Waals surface area contributed by atoms with Gasteiger partial charge >= 0.3 is 0 Å². The normalized spacial score (nSPS) is 40.3. The van der Waals surface area contributed by atoms with Gasteiger partial charge in [0.05, 0.1) is 23.7 Å². The van der Waals surface area contributed by atoms with Crippen molar-refractivity contribution in [2.45, 2.75) is 77.4 Å². The number of nitrogens with zero attached hydrogens (tertiary/aromatic N) is 2. The fourth-order valence-electron chi connectivity index (χ4n) is 9.39. The van der Waals surface area contributed by atoms with E-state index in [9.17, 15) is 23.8 Å². The fourth-order valence-corrected chi connectivity index (χ4v) is 9.76. The largest absolute Gasteiger partial charge is 0.393 e. The summed E-state index contributed by atoms with van der Waals surface area (Å²) in [5.74, 6) is -1.75. The van der Waals surface area contributed by atoms with Gasteiger partial charge in [0, 0.05) is 17.4 Å². The van der Waals surface area contributed by atoms with Crippen molar-refractivity contribution in [2.24, 2.45) is 28.1 Å². The van der Waals surface area contributed by atoms with Crippen molar-refractivity contribution in [3.63, 3.8) is 0 Å². The molecule has 4 aliphatic rings. The average Bonchev–Trinajstić information content (AvgIpc) is 3.37. The minimum atomic E-state index is -1.53. The predicted molar refractivity (Wildman–Crippen MR) is 139 cm³/mol. The third-order valence-corrected chi connectivity index (χ3v) is 11.4. The van der Waals surface area contributed by atoms with Crippen LogP contribution in [-0.2, 0) is 11.2 Å². The van der Waals surface area contributed by atoms with Crippen molar-refractivity contribution < 1.29 is 23.8 Å². The van der Waals surface area contributed by atoms with E-state index in [1.54, 1.807) is 10.9 Å². The molecule has 6 rings (SSSR count). The van der Waals surface area contributed by atoms with Crippen LogP contribution in [0.25, 0.3) is 11.8 Å². The molecule has 2 N–H and O–H groups in total. The van der Waals surface area contributed by atoms with Crippen molar-refractivity contribution in [1.29, 1.82) is 0 Å². The van der Waals surface area contributed by atoms with Gasteiger partial charge in [0.2, 0.25) is 5.12 Å². The number of aliphatic hydroxyl groups is 2. The van der Waals surface area contributed by atoms with E-state index in [0.717, 1.165) is 49.1 Å². The quantitative estimate of drug-likeness (QED) is 0.475. The number of allylic oxidation sites excluding steroid dienone is 1. The smallest absolute Gasteiger partial charge is 0.218 e. The summed E-state index contributed by atoms with van der Waals surface area (Å²) in [7, 11) is 0. The van der Waals surface area contributed by atoms with Gasteiger partial charge in [-0.3, -0.25) is 4.79 Å². The Morgan fingerprint density at radius 2 is 2.00 bits per heavy atom. The molecule has 198 valence electrons. The molecule has 3 fully saturated rings. The van der Waals surface area contributed by atoms with Crippen LogP contribution in [0.3, 0.4) is 0 Å². The Labute approximate surface area is 221 Å². The van der Waals surface area contributed by atoms with E-state index < -0.39 is 33.9 Å². The van der Waals surface area contributed by atoms with Crippen LogP contribution in [0.4, 0.5) is 8.78 Å². The number of hydrogen-bond donors (Lipinski definition) is 3. The summed E-state index contributed by atoms with van der Waals surface area (Å²) in [5.41, 5.74) is 0.777. The van der Waals surface area contributed by atoms with E-state index in [0.29, 0.717) is 24.9 Å². The zero-order valence-corrected chi connectivity index (χ0v) is 22.4. The summed E-state index contributed by atoms with van der Waals surface area (Å²) in [4.78, 5) is 12.5. The number of halogens is 2. The second-order valence-electron chi connectivity index (χ2n) is 12.3. The summed E-state index contributed by atoms with van der Waals surface area (Å²) < 4.78 is 29.2. The number of benzene rings is 1. The molecule has 0 bridgehead atoms. The van der Waals surface area contributed by atoms with Crippen molar-refractivity contribution >= 4 is 23.8 Å². The highest BCUT2D eigenvalue weighted by Crippen LogP contribution is 2.73. The number of carbonyl (C=O) groups is 1. The summed E-state index contributed by atoms with van der Waals surface area (Å²) in [6, 6.07) is 3.80. The Morgan fingerprint density at radius 1 is 1.24 bits per heavy atom. The molecule has 0 amide bonds. The first-order valence-electron chi connectivity index (χ1n) is 13.3. The van der Waals surface area contributed by atoms with Gasteiger partial charge in [-0.2, -0.15) is 5.10 Å². The molecule has 8 heteroatoms. The zero-order valence-electron chi connectivity index (χ0n) is 21.5. The maximum absolute atomic E-state index is 14.0. The van der Waals surface area contributed by atoms with E-state index in [1.165, 1.54) is 11.6 Å². The maximum atomic E-state index is 14.0. The lowest BCUT2D eigenvalue weighted by Gasteiger charge is -2.66. The van der Waals surface area contributed by atoms with Crippen molar-refractivity contribution in [1.82, 2.24) is 9.78 Å². The minimum absolute atomic E-state index is 0.0415.